The van der Waals surface area contributed by atoms with Crippen molar-refractivity contribution in [3.63, 3.8) is 0 Å². The zero-order chi connectivity index (χ0) is 10.7. The Labute approximate surface area is 94.2 Å². The van der Waals surface area contributed by atoms with E-state index in [9.17, 15) is 0 Å². The van der Waals surface area contributed by atoms with Gasteiger partial charge in [-0.05, 0) is 35.7 Å². The number of hydrogen-bond acceptors (Lipinski definition) is 2. The molecule has 0 fully saturated rings. The molecule has 1 aromatic carbocycles. The fourth-order valence-corrected chi connectivity index (χ4v) is 2.67. The van der Waals surface area contributed by atoms with Crippen molar-refractivity contribution < 1.29 is 0 Å². The molecule has 1 heterocycles. The number of hydrogen-bond donors (Lipinski definition) is 1. The maximum atomic E-state index is 5.68. The van der Waals surface area contributed by atoms with Crippen LogP contribution in [-0.2, 0) is 6.42 Å². The number of fused-ring (bicyclic) bond motifs is 1. The second-order valence-corrected chi connectivity index (χ2v) is 4.50. The van der Waals surface area contributed by atoms with Crippen LogP contribution in [0.15, 0.2) is 41.3 Å². The van der Waals surface area contributed by atoms with Crippen molar-refractivity contribution >= 4 is 21.4 Å². The van der Waals surface area contributed by atoms with Crippen LogP contribution >= 0.6 is 11.3 Å². The lowest BCUT2D eigenvalue weighted by Gasteiger charge is -2.02. The zero-order valence-corrected chi connectivity index (χ0v) is 9.68. The van der Waals surface area contributed by atoms with E-state index in [2.05, 4.69) is 42.6 Å². The van der Waals surface area contributed by atoms with Crippen LogP contribution in [0.2, 0.25) is 0 Å². The van der Waals surface area contributed by atoms with E-state index in [0.717, 1.165) is 6.42 Å². The van der Waals surface area contributed by atoms with Crippen molar-refractivity contribution in [3.8, 4) is 0 Å². The maximum absolute atomic E-state index is 5.68. The first-order valence-corrected chi connectivity index (χ1v) is 6.02. The molecule has 0 radical (unpaired) electrons. The van der Waals surface area contributed by atoms with E-state index in [1.165, 1.54) is 21.2 Å². The van der Waals surface area contributed by atoms with E-state index >= 15 is 0 Å². The predicted molar refractivity (Wildman–Crippen MR) is 68.3 cm³/mol. The molecule has 0 aliphatic carbocycles. The van der Waals surface area contributed by atoms with Gasteiger partial charge in [0.1, 0.15) is 0 Å². The molecule has 1 nitrogen and oxygen atoms in total. The molecule has 15 heavy (non-hydrogen) atoms. The standard InChI is InChI=1S/C13H15NS/c1-2-10(8-14)7-11-9-15-13-6-4-3-5-12(11)13/h2-6,9H,7-8,14H2,1H3/b10-2-. The molecule has 0 aliphatic heterocycles. The van der Waals surface area contributed by atoms with Crippen LogP contribution in [0.1, 0.15) is 12.5 Å². The van der Waals surface area contributed by atoms with Crippen LogP contribution < -0.4 is 5.73 Å². The van der Waals surface area contributed by atoms with Gasteiger partial charge in [0.05, 0.1) is 0 Å². The number of nitrogens with two attached hydrogens (primary N) is 1. The highest BCUT2D eigenvalue weighted by Gasteiger charge is 2.04. The average molecular weight is 217 g/mol. The Morgan fingerprint density at radius 1 is 1.40 bits per heavy atom. The molecular weight excluding hydrogens is 202 g/mol. The lowest BCUT2D eigenvalue weighted by Crippen LogP contribution is -2.05. The predicted octanol–water partition coefficient (Wildman–Crippen LogP) is 3.35. The third-order valence-electron chi connectivity index (χ3n) is 2.65. The fraction of sp³-hybridized carbons (Fsp3) is 0.231. The highest BCUT2D eigenvalue weighted by Crippen LogP contribution is 2.27. The van der Waals surface area contributed by atoms with Crippen molar-refractivity contribution in [3.05, 3.63) is 46.9 Å². The third-order valence-corrected chi connectivity index (χ3v) is 3.66. The van der Waals surface area contributed by atoms with Gasteiger partial charge in [0.25, 0.3) is 0 Å². The zero-order valence-electron chi connectivity index (χ0n) is 8.86. The summed E-state index contributed by atoms with van der Waals surface area (Å²) < 4.78 is 1.36. The van der Waals surface area contributed by atoms with Gasteiger partial charge in [-0.2, -0.15) is 0 Å². The topological polar surface area (TPSA) is 26.0 Å². The van der Waals surface area contributed by atoms with Gasteiger partial charge in [0.15, 0.2) is 0 Å². The summed E-state index contributed by atoms with van der Waals surface area (Å²) in [5.41, 5.74) is 8.38. The van der Waals surface area contributed by atoms with Gasteiger partial charge in [0, 0.05) is 11.2 Å². The van der Waals surface area contributed by atoms with Crippen molar-refractivity contribution in [2.45, 2.75) is 13.3 Å². The molecule has 0 bridgehead atoms. The summed E-state index contributed by atoms with van der Waals surface area (Å²) in [5.74, 6) is 0. The van der Waals surface area contributed by atoms with Crippen LogP contribution in [0.5, 0.6) is 0 Å². The lowest BCUT2D eigenvalue weighted by atomic mass is 10.0. The second kappa shape index (κ2) is 4.60. The summed E-state index contributed by atoms with van der Waals surface area (Å²) in [6, 6.07) is 8.53. The van der Waals surface area contributed by atoms with Gasteiger partial charge in [-0.15, -0.1) is 11.3 Å². The Kier molecular flexibility index (Phi) is 3.19. The first kappa shape index (κ1) is 10.4. The first-order valence-electron chi connectivity index (χ1n) is 5.14. The summed E-state index contributed by atoms with van der Waals surface area (Å²) in [5, 5.41) is 3.61. The molecule has 2 rings (SSSR count). The molecule has 0 spiro atoms. The largest absolute Gasteiger partial charge is 0.327 e. The minimum Gasteiger partial charge on any atom is -0.327 e. The normalized spacial score (nSPS) is 12.3. The van der Waals surface area contributed by atoms with Gasteiger partial charge in [-0.25, -0.2) is 0 Å². The Hall–Kier alpha value is -1.12. The molecule has 0 amide bonds. The van der Waals surface area contributed by atoms with Gasteiger partial charge in [-0.1, -0.05) is 29.8 Å². The van der Waals surface area contributed by atoms with Gasteiger partial charge in [-0.3, -0.25) is 0 Å². The fourth-order valence-electron chi connectivity index (χ4n) is 1.71. The number of allylic oxidation sites excluding steroid dienone is 1. The Balaban J connectivity index is 2.36. The number of rotatable bonds is 3. The average Bonchev–Trinajstić information content (AvgIpc) is 2.69. The summed E-state index contributed by atoms with van der Waals surface area (Å²) in [7, 11) is 0. The van der Waals surface area contributed by atoms with Crippen molar-refractivity contribution in [2.24, 2.45) is 5.73 Å². The molecular formula is C13H15NS. The minimum absolute atomic E-state index is 0.653. The first-order chi connectivity index (χ1) is 7.35. The highest BCUT2D eigenvalue weighted by atomic mass is 32.1. The quantitative estimate of drug-likeness (QED) is 0.784. The Morgan fingerprint density at radius 3 is 2.93 bits per heavy atom. The summed E-state index contributed by atoms with van der Waals surface area (Å²) >= 11 is 1.81. The third kappa shape index (κ3) is 2.11. The highest BCUT2D eigenvalue weighted by molar-refractivity contribution is 7.17. The van der Waals surface area contributed by atoms with Crippen molar-refractivity contribution in [2.75, 3.05) is 6.54 Å². The smallest absolute Gasteiger partial charge is 0.0345 e. The molecule has 0 atom stereocenters. The van der Waals surface area contributed by atoms with E-state index < -0.39 is 0 Å². The van der Waals surface area contributed by atoms with Crippen LogP contribution in [0.25, 0.3) is 10.1 Å². The molecule has 0 unspecified atom stereocenters. The van der Waals surface area contributed by atoms with Gasteiger partial charge in [0.2, 0.25) is 0 Å². The van der Waals surface area contributed by atoms with Gasteiger partial charge < -0.3 is 5.73 Å². The molecule has 0 aliphatic rings. The molecule has 2 aromatic rings. The van der Waals surface area contributed by atoms with E-state index in [1.807, 2.05) is 11.3 Å². The monoisotopic (exact) mass is 217 g/mol. The molecule has 0 saturated heterocycles. The minimum atomic E-state index is 0.653. The van der Waals surface area contributed by atoms with Gasteiger partial charge >= 0.3 is 0 Å². The van der Waals surface area contributed by atoms with Crippen molar-refractivity contribution in [1.82, 2.24) is 0 Å². The summed E-state index contributed by atoms with van der Waals surface area (Å²) in [6.07, 6.45) is 3.10. The van der Waals surface area contributed by atoms with Crippen LogP contribution in [0.3, 0.4) is 0 Å². The maximum Gasteiger partial charge on any atom is 0.0345 e. The molecule has 2 N–H and O–H groups in total. The second-order valence-electron chi connectivity index (χ2n) is 3.58. The van der Waals surface area contributed by atoms with Crippen LogP contribution in [-0.4, -0.2) is 6.54 Å². The lowest BCUT2D eigenvalue weighted by molar-refractivity contribution is 1.04. The number of thiophene rings is 1. The molecule has 0 saturated carbocycles. The molecule has 78 valence electrons. The van der Waals surface area contributed by atoms with Crippen LogP contribution in [0.4, 0.5) is 0 Å². The summed E-state index contributed by atoms with van der Waals surface area (Å²) in [6.45, 7) is 2.71. The number of benzene rings is 1. The van der Waals surface area contributed by atoms with E-state index in [-0.39, 0.29) is 0 Å². The summed E-state index contributed by atoms with van der Waals surface area (Å²) in [4.78, 5) is 0. The van der Waals surface area contributed by atoms with E-state index in [0.29, 0.717) is 6.54 Å². The van der Waals surface area contributed by atoms with E-state index in [4.69, 9.17) is 5.73 Å². The van der Waals surface area contributed by atoms with Crippen molar-refractivity contribution in [1.29, 1.82) is 0 Å². The van der Waals surface area contributed by atoms with E-state index in [1.54, 1.807) is 0 Å². The van der Waals surface area contributed by atoms with Crippen LogP contribution in [0, 0.1) is 0 Å². The Morgan fingerprint density at radius 2 is 2.20 bits per heavy atom. The molecule has 2 heteroatoms. The SMILES string of the molecule is C/C=C(\CN)Cc1csc2ccccc12. The molecule has 1 aromatic heterocycles. The Bertz CT molecular complexity index is 482.